The zero-order chi connectivity index (χ0) is 13.9. The highest BCUT2D eigenvalue weighted by molar-refractivity contribution is 5.36. The minimum atomic E-state index is -0.109. The normalized spacial score (nSPS) is 18.6. The van der Waals surface area contributed by atoms with Gasteiger partial charge in [-0.1, -0.05) is 24.3 Å². The molecule has 5 nitrogen and oxygen atoms in total. The third kappa shape index (κ3) is 2.34. The number of nitrogens with zero attached hydrogens (tertiary/aromatic N) is 3. The van der Waals surface area contributed by atoms with E-state index in [0.717, 1.165) is 37.3 Å². The standard InChI is InChI=1S/C15H19N3O2/c1-2-11-5-7-12(8-6-11)18-15(13(10-19)16-17-18)14-4-3-9-20-14/h5-8,14,19H,2-4,9-10H2,1H3. The van der Waals surface area contributed by atoms with Crippen molar-refractivity contribution in [1.29, 1.82) is 0 Å². The molecule has 1 aliphatic rings. The molecule has 1 aliphatic heterocycles. The third-order valence-corrected chi connectivity index (χ3v) is 3.75. The lowest BCUT2D eigenvalue weighted by Crippen LogP contribution is -2.09. The first kappa shape index (κ1) is 13.3. The fourth-order valence-electron chi connectivity index (χ4n) is 2.61. The number of rotatable bonds is 4. The van der Waals surface area contributed by atoms with Crippen LogP contribution in [0.4, 0.5) is 0 Å². The number of hydrogen-bond donors (Lipinski definition) is 1. The van der Waals surface area contributed by atoms with Crippen LogP contribution in [0.15, 0.2) is 24.3 Å². The summed E-state index contributed by atoms with van der Waals surface area (Å²) in [6.07, 6.45) is 2.99. The molecule has 1 N–H and O–H groups in total. The summed E-state index contributed by atoms with van der Waals surface area (Å²) in [6, 6.07) is 8.25. The van der Waals surface area contributed by atoms with Crippen molar-refractivity contribution in [3.63, 3.8) is 0 Å². The van der Waals surface area contributed by atoms with Gasteiger partial charge in [-0.15, -0.1) is 5.10 Å². The lowest BCUT2D eigenvalue weighted by atomic mass is 10.1. The Bertz CT molecular complexity index is 571. The van der Waals surface area contributed by atoms with Gasteiger partial charge in [-0.05, 0) is 37.0 Å². The summed E-state index contributed by atoms with van der Waals surface area (Å²) < 4.78 is 7.53. The zero-order valence-electron chi connectivity index (χ0n) is 11.6. The van der Waals surface area contributed by atoms with Gasteiger partial charge in [0.25, 0.3) is 0 Å². The molecule has 1 aromatic carbocycles. The van der Waals surface area contributed by atoms with Crippen LogP contribution in [-0.4, -0.2) is 26.7 Å². The topological polar surface area (TPSA) is 60.2 Å². The van der Waals surface area contributed by atoms with Crippen LogP contribution in [-0.2, 0) is 17.8 Å². The third-order valence-electron chi connectivity index (χ3n) is 3.75. The predicted octanol–water partition coefficient (Wildman–Crippen LogP) is 2.17. The summed E-state index contributed by atoms with van der Waals surface area (Å²) in [6.45, 7) is 2.78. The summed E-state index contributed by atoms with van der Waals surface area (Å²) in [4.78, 5) is 0. The van der Waals surface area contributed by atoms with Gasteiger partial charge in [0.05, 0.1) is 18.0 Å². The van der Waals surface area contributed by atoms with E-state index in [4.69, 9.17) is 4.74 Å². The molecule has 0 spiro atoms. The first-order chi connectivity index (χ1) is 9.83. The van der Waals surface area contributed by atoms with Crippen LogP contribution >= 0.6 is 0 Å². The van der Waals surface area contributed by atoms with E-state index in [-0.39, 0.29) is 12.7 Å². The van der Waals surface area contributed by atoms with Crippen molar-refractivity contribution < 1.29 is 9.84 Å². The summed E-state index contributed by atoms with van der Waals surface area (Å²) in [7, 11) is 0. The molecule has 2 heterocycles. The van der Waals surface area contributed by atoms with E-state index in [1.807, 2.05) is 12.1 Å². The largest absolute Gasteiger partial charge is 0.390 e. The fraction of sp³-hybridized carbons (Fsp3) is 0.467. The van der Waals surface area contributed by atoms with Gasteiger partial charge in [0.2, 0.25) is 0 Å². The molecule has 3 rings (SSSR count). The molecular weight excluding hydrogens is 254 g/mol. The van der Waals surface area contributed by atoms with Crippen LogP contribution in [0.5, 0.6) is 0 Å². The molecule has 1 saturated heterocycles. The molecule has 1 atom stereocenters. The molecule has 5 heteroatoms. The Hall–Kier alpha value is -1.72. The van der Waals surface area contributed by atoms with Crippen molar-refractivity contribution >= 4 is 0 Å². The highest BCUT2D eigenvalue weighted by Gasteiger charge is 2.26. The van der Waals surface area contributed by atoms with E-state index in [2.05, 4.69) is 29.4 Å². The fourth-order valence-corrected chi connectivity index (χ4v) is 2.61. The summed E-state index contributed by atoms with van der Waals surface area (Å²) in [5.41, 5.74) is 3.74. The number of benzene rings is 1. The van der Waals surface area contributed by atoms with E-state index < -0.39 is 0 Å². The number of aryl methyl sites for hydroxylation is 1. The minimum absolute atomic E-state index is 0.0157. The Morgan fingerprint density at radius 1 is 1.35 bits per heavy atom. The van der Waals surface area contributed by atoms with Gasteiger partial charge < -0.3 is 9.84 Å². The lowest BCUT2D eigenvalue weighted by Gasteiger charge is -2.13. The maximum atomic E-state index is 9.45. The van der Waals surface area contributed by atoms with Gasteiger partial charge in [-0.25, -0.2) is 4.68 Å². The van der Waals surface area contributed by atoms with E-state index in [1.54, 1.807) is 4.68 Å². The predicted molar refractivity (Wildman–Crippen MR) is 74.6 cm³/mol. The average Bonchev–Trinajstić information content (AvgIpc) is 3.15. The summed E-state index contributed by atoms with van der Waals surface area (Å²) in [5, 5.41) is 17.7. The van der Waals surface area contributed by atoms with Crippen LogP contribution in [0.2, 0.25) is 0 Å². The molecule has 106 valence electrons. The highest BCUT2D eigenvalue weighted by Crippen LogP contribution is 2.31. The van der Waals surface area contributed by atoms with Gasteiger partial charge in [0.15, 0.2) is 0 Å². The maximum absolute atomic E-state index is 9.45. The highest BCUT2D eigenvalue weighted by atomic mass is 16.5. The quantitative estimate of drug-likeness (QED) is 0.927. The maximum Gasteiger partial charge on any atom is 0.114 e. The Kier molecular flexibility index (Phi) is 3.80. The molecule has 1 aromatic heterocycles. The van der Waals surface area contributed by atoms with Crippen molar-refractivity contribution in [2.75, 3.05) is 6.61 Å². The number of aliphatic hydroxyl groups is 1. The van der Waals surface area contributed by atoms with Crippen LogP contribution in [0.25, 0.3) is 5.69 Å². The van der Waals surface area contributed by atoms with Crippen LogP contribution < -0.4 is 0 Å². The van der Waals surface area contributed by atoms with Gasteiger partial charge in [-0.3, -0.25) is 0 Å². The smallest absolute Gasteiger partial charge is 0.114 e. The molecule has 0 saturated carbocycles. The van der Waals surface area contributed by atoms with Crippen molar-refractivity contribution in [3.05, 3.63) is 41.2 Å². The second kappa shape index (κ2) is 5.73. The van der Waals surface area contributed by atoms with E-state index in [0.29, 0.717) is 5.69 Å². The molecule has 2 aromatic rings. The molecule has 1 fully saturated rings. The van der Waals surface area contributed by atoms with E-state index in [1.165, 1.54) is 5.56 Å². The van der Waals surface area contributed by atoms with Crippen LogP contribution in [0, 0.1) is 0 Å². The first-order valence-electron chi connectivity index (χ1n) is 7.09. The van der Waals surface area contributed by atoms with Crippen molar-refractivity contribution in [2.45, 2.75) is 38.9 Å². The average molecular weight is 273 g/mol. The van der Waals surface area contributed by atoms with E-state index >= 15 is 0 Å². The van der Waals surface area contributed by atoms with E-state index in [9.17, 15) is 5.11 Å². The van der Waals surface area contributed by atoms with Crippen LogP contribution in [0.1, 0.15) is 42.8 Å². The van der Waals surface area contributed by atoms with Gasteiger partial charge in [0, 0.05) is 6.61 Å². The zero-order valence-corrected chi connectivity index (χ0v) is 11.6. The molecule has 20 heavy (non-hydrogen) atoms. The number of hydrogen-bond acceptors (Lipinski definition) is 4. The Labute approximate surface area is 118 Å². The molecule has 0 amide bonds. The Morgan fingerprint density at radius 2 is 2.15 bits per heavy atom. The van der Waals surface area contributed by atoms with Gasteiger partial charge >= 0.3 is 0 Å². The van der Waals surface area contributed by atoms with Crippen LogP contribution in [0.3, 0.4) is 0 Å². The minimum Gasteiger partial charge on any atom is -0.390 e. The Balaban J connectivity index is 2.01. The SMILES string of the molecule is CCc1ccc(-n2nnc(CO)c2C2CCCO2)cc1. The van der Waals surface area contributed by atoms with Gasteiger partial charge in [0.1, 0.15) is 11.8 Å². The monoisotopic (exact) mass is 273 g/mol. The summed E-state index contributed by atoms with van der Waals surface area (Å²) >= 11 is 0. The number of ether oxygens (including phenoxy) is 1. The Morgan fingerprint density at radius 3 is 2.75 bits per heavy atom. The molecule has 0 aliphatic carbocycles. The molecular formula is C15H19N3O2. The summed E-state index contributed by atoms with van der Waals surface area (Å²) in [5.74, 6) is 0. The van der Waals surface area contributed by atoms with Crippen molar-refractivity contribution in [1.82, 2.24) is 15.0 Å². The molecule has 0 radical (unpaired) electrons. The first-order valence-corrected chi connectivity index (χ1v) is 7.09. The lowest BCUT2D eigenvalue weighted by molar-refractivity contribution is 0.104. The molecule has 0 bridgehead atoms. The van der Waals surface area contributed by atoms with Gasteiger partial charge in [-0.2, -0.15) is 0 Å². The van der Waals surface area contributed by atoms with Crippen molar-refractivity contribution in [2.24, 2.45) is 0 Å². The van der Waals surface area contributed by atoms with Crippen molar-refractivity contribution in [3.8, 4) is 5.69 Å². The number of aromatic nitrogens is 3. The number of aliphatic hydroxyl groups excluding tert-OH is 1. The molecule has 1 unspecified atom stereocenters. The second-order valence-electron chi connectivity index (χ2n) is 5.01. The second-order valence-corrected chi connectivity index (χ2v) is 5.01.